The Morgan fingerprint density at radius 1 is 1.08 bits per heavy atom. The molecule has 6 nitrogen and oxygen atoms in total. The first-order chi connectivity index (χ1) is 5.57. The maximum absolute atomic E-state index is 9.22. The van der Waals surface area contributed by atoms with Crippen LogP contribution in [0.1, 0.15) is 0 Å². The monoisotopic (exact) mass is 180 g/mol. The van der Waals surface area contributed by atoms with Gasteiger partial charge in [0.15, 0.2) is 6.29 Å². The molecule has 0 radical (unpaired) electrons. The minimum Gasteiger partial charge on any atom is -0.393 e. The van der Waals surface area contributed by atoms with Gasteiger partial charge in [0.05, 0.1) is 13.2 Å². The van der Waals surface area contributed by atoms with Crippen molar-refractivity contribution < 1.29 is 30.3 Å². The molecule has 0 aromatic carbocycles. The zero-order valence-corrected chi connectivity index (χ0v) is 6.29. The highest BCUT2D eigenvalue weighted by atomic mass is 16.7. The molecule has 1 fully saturated rings. The van der Waals surface area contributed by atoms with Crippen molar-refractivity contribution in [3.63, 3.8) is 0 Å². The topological polar surface area (TPSA) is 110 Å². The number of aliphatic hydroxyl groups is 5. The maximum Gasteiger partial charge on any atom is 0.184 e. The summed E-state index contributed by atoms with van der Waals surface area (Å²) in [5.74, 6) is 0. The quantitative estimate of drug-likeness (QED) is 0.306. The van der Waals surface area contributed by atoms with E-state index in [9.17, 15) is 5.11 Å². The van der Waals surface area contributed by atoms with Gasteiger partial charge in [-0.1, -0.05) is 0 Å². The molecule has 72 valence electrons. The van der Waals surface area contributed by atoms with Gasteiger partial charge in [-0.15, -0.1) is 0 Å². The molecular formula is C6H12O6. The third-order valence-electron chi connectivity index (χ3n) is 2.05. The van der Waals surface area contributed by atoms with Gasteiger partial charge < -0.3 is 30.3 Å². The lowest BCUT2D eigenvalue weighted by Gasteiger charge is -2.26. The molecule has 0 unspecified atom stereocenters. The molecule has 5 N–H and O–H groups in total. The van der Waals surface area contributed by atoms with Crippen molar-refractivity contribution in [3.8, 4) is 0 Å². The van der Waals surface area contributed by atoms with E-state index < -0.39 is 37.3 Å². The predicted molar refractivity (Wildman–Crippen MR) is 36.0 cm³/mol. The van der Waals surface area contributed by atoms with E-state index >= 15 is 0 Å². The molecule has 0 bridgehead atoms. The first-order valence-corrected chi connectivity index (χ1v) is 3.51. The van der Waals surface area contributed by atoms with Crippen LogP contribution in [-0.4, -0.2) is 62.8 Å². The van der Waals surface area contributed by atoms with E-state index in [1.165, 1.54) is 0 Å². The molecule has 0 spiro atoms. The van der Waals surface area contributed by atoms with E-state index in [1.54, 1.807) is 0 Å². The van der Waals surface area contributed by atoms with Gasteiger partial charge in [-0.2, -0.15) is 0 Å². The molecular weight excluding hydrogens is 168 g/mol. The maximum atomic E-state index is 9.22. The van der Waals surface area contributed by atoms with Crippen LogP contribution in [0.15, 0.2) is 0 Å². The van der Waals surface area contributed by atoms with Crippen LogP contribution in [0.3, 0.4) is 0 Å². The molecule has 0 amide bonds. The lowest BCUT2D eigenvalue weighted by Crippen LogP contribution is -2.49. The molecule has 12 heavy (non-hydrogen) atoms. The first kappa shape index (κ1) is 9.85. The Hall–Kier alpha value is -0.240. The summed E-state index contributed by atoms with van der Waals surface area (Å²) >= 11 is 0. The molecule has 0 saturated carbocycles. The molecule has 1 saturated heterocycles. The van der Waals surface area contributed by atoms with Gasteiger partial charge in [0, 0.05) is 0 Å². The third-order valence-corrected chi connectivity index (χ3v) is 2.05. The molecule has 0 aliphatic carbocycles. The third kappa shape index (κ3) is 1.22. The fourth-order valence-electron chi connectivity index (χ4n) is 1.16. The predicted octanol–water partition coefficient (Wildman–Crippen LogP) is -3.22. The Bertz CT molecular complexity index is 156. The molecule has 1 rings (SSSR count). The average molecular weight is 180 g/mol. The van der Waals surface area contributed by atoms with Crippen LogP contribution < -0.4 is 0 Å². The summed E-state index contributed by atoms with van der Waals surface area (Å²) in [6.45, 7) is -1.34. The van der Waals surface area contributed by atoms with Crippen molar-refractivity contribution in [1.29, 1.82) is 0 Å². The van der Waals surface area contributed by atoms with E-state index in [0.29, 0.717) is 0 Å². The summed E-state index contributed by atoms with van der Waals surface area (Å²) in [6.07, 6.45) is -4.55. The van der Waals surface area contributed by atoms with Gasteiger partial charge in [0.1, 0.15) is 17.8 Å². The smallest absolute Gasteiger partial charge is 0.184 e. The Morgan fingerprint density at radius 3 is 1.75 bits per heavy atom. The van der Waals surface area contributed by atoms with Crippen molar-refractivity contribution in [3.05, 3.63) is 0 Å². The molecule has 0 aromatic rings. The Labute approximate surface area is 68.6 Å². The van der Waals surface area contributed by atoms with Crippen LogP contribution in [-0.2, 0) is 4.74 Å². The summed E-state index contributed by atoms with van der Waals surface area (Å²) < 4.78 is 4.63. The zero-order valence-electron chi connectivity index (χ0n) is 6.29. The number of aliphatic hydroxyl groups excluding tert-OH is 5. The minimum atomic E-state index is -1.65. The lowest BCUT2D eigenvalue weighted by atomic mass is 9.97. The van der Waals surface area contributed by atoms with Crippen molar-refractivity contribution in [1.82, 2.24) is 0 Å². The largest absolute Gasteiger partial charge is 0.393 e. The second-order valence-electron chi connectivity index (χ2n) is 2.82. The summed E-state index contributed by atoms with van der Waals surface area (Å²) in [5, 5.41) is 44.7. The van der Waals surface area contributed by atoms with Crippen molar-refractivity contribution in [2.45, 2.75) is 24.1 Å². The van der Waals surface area contributed by atoms with Crippen LogP contribution in [0.5, 0.6) is 0 Å². The van der Waals surface area contributed by atoms with E-state index in [-0.39, 0.29) is 0 Å². The second kappa shape index (κ2) is 3.25. The van der Waals surface area contributed by atoms with E-state index in [0.717, 1.165) is 0 Å². The molecule has 0 aromatic heterocycles. The Morgan fingerprint density at radius 2 is 1.58 bits per heavy atom. The highest BCUT2D eigenvalue weighted by molar-refractivity contribution is 4.98. The highest BCUT2D eigenvalue weighted by Gasteiger charge is 2.53. The number of hydrogen-bond donors (Lipinski definition) is 5. The summed E-state index contributed by atoms with van der Waals surface area (Å²) in [7, 11) is 0. The Kier molecular flexibility index (Phi) is 2.67. The van der Waals surface area contributed by atoms with Crippen LogP contribution in [0.25, 0.3) is 0 Å². The van der Waals surface area contributed by atoms with E-state index in [4.69, 9.17) is 20.4 Å². The average Bonchev–Trinajstić information content (AvgIpc) is 2.30. The zero-order chi connectivity index (χ0) is 9.35. The molecule has 6 heteroatoms. The summed E-state index contributed by atoms with van der Waals surface area (Å²) in [4.78, 5) is 0. The van der Waals surface area contributed by atoms with Crippen LogP contribution in [0.4, 0.5) is 0 Å². The van der Waals surface area contributed by atoms with E-state index in [2.05, 4.69) is 4.74 Å². The SMILES string of the molecule is OCC1(CO)O[C@@H](O)[C@H](O)[C@@H]1O. The lowest BCUT2D eigenvalue weighted by molar-refractivity contribution is -0.187. The van der Waals surface area contributed by atoms with Gasteiger partial charge in [-0.05, 0) is 0 Å². The van der Waals surface area contributed by atoms with Crippen LogP contribution in [0, 0.1) is 0 Å². The Balaban J connectivity index is 2.79. The van der Waals surface area contributed by atoms with Crippen LogP contribution >= 0.6 is 0 Å². The molecule has 1 heterocycles. The number of rotatable bonds is 2. The fraction of sp³-hybridized carbons (Fsp3) is 1.00. The molecule has 1 aliphatic rings. The first-order valence-electron chi connectivity index (χ1n) is 3.51. The standard InChI is InChI=1S/C6H12O6/c7-1-6(2-8)4(10)3(9)5(11)12-6/h3-5,7-11H,1-2H2/t3-,4+,5-/m1/s1. The normalized spacial score (nSPS) is 40.2. The van der Waals surface area contributed by atoms with Gasteiger partial charge in [0.25, 0.3) is 0 Å². The molecule has 1 aliphatic heterocycles. The van der Waals surface area contributed by atoms with E-state index in [1.807, 2.05) is 0 Å². The van der Waals surface area contributed by atoms with Gasteiger partial charge in [0.2, 0.25) is 0 Å². The van der Waals surface area contributed by atoms with Crippen LogP contribution in [0.2, 0.25) is 0 Å². The van der Waals surface area contributed by atoms with Gasteiger partial charge in [-0.3, -0.25) is 0 Å². The number of ether oxygens (including phenoxy) is 1. The molecule has 3 atom stereocenters. The van der Waals surface area contributed by atoms with Crippen molar-refractivity contribution in [2.24, 2.45) is 0 Å². The number of hydrogen-bond acceptors (Lipinski definition) is 6. The fourth-order valence-corrected chi connectivity index (χ4v) is 1.16. The van der Waals surface area contributed by atoms with Crippen molar-refractivity contribution >= 4 is 0 Å². The van der Waals surface area contributed by atoms with Gasteiger partial charge >= 0.3 is 0 Å². The highest BCUT2D eigenvalue weighted by Crippen LogP contribution is 2.29. The minimum absolute atomic E-state index is 0.668. The van der Waals surface area contributed by atoms with Gasteiger partial charge in [-0.25, -0.2) is 0 Å². The summed E-state index contributed by atoms with van der Waals surface area (Å²) in [5.41, 5.74) is -1.65. The summed E-state index contributed by atoms with van der Waals surface area (Å²) in [6, 6.07) is 0. The second-order valence-corrected chi connectivity index (χ2v) is 2.82. The van der Waals surface area contributed by atoms with Crippen molar-refractivity contribution in [2.75, 3.05) is 13.2 Å².